The van der Waals surface area contributed by atoms with E-state index in [0.717, 1.165) is 33.4 Å². The van der Waals surface area contributed by atoms with Crippen LogP contribution in [0.4, 0.5) is 8.78 Å². The second kappa shape index (κ2) is 10.2. The second-order valence-corrected chi connectivity index (χ2v) is 9.59. The molecule has 5 aromatic rings. The van der Waals surface area contributed by atoms with Gasteiger partial charge in [0, 0.05) is 35.3 Å². The van der Waals surface area contributed by atoms with Gasteiger partial charge in [-0.1, -0.05) is 43.0 Å². The molecule has 0 saturated carbocycles. The number of halogens is 2. The molecule has 0 aliphatic carbocycles. The topological polar surface area (TPSA) is 81.7 Å². The van der Waals surface area contributed by atoms with Gasteiger partial charge in [0.2, 0.25) is 0 Å². The van der Waals surface area contributed by atoms with Gasteiger partial charge in [0.15, 0.2) is 5.16 Å². The summed E-state index contributed by atoms with van der Waals surface area (Å²) in [6.45, 7) is 1.72. The van der Waals surface area contributed by atoms with Gasteiger partial charge in [0.25, 0.3) is 0 Å². The summed E-state index contributed by atoms with van der Waals surface area (Å²) in [7, 11) is 1.94. The predicted molar refractivity (Wildman–Crippen MR) is 136 cm³/mol. The van der Waals surface area contributed by atoms with E-state index in [2.05, 4.69) is 20.1 Å². The Morgan fingerprint density at radius 2 is 1.84 bits per heavy atom. The minimum Gasteiger partial charge on any atom is -0.382 e. The highest BCUT2D eigenvalue weighted by molar-refractivity contribution is 7.99. The number of aliphatic hydroxyl groups is 1. The van der Waals surface area contributed by atoms with Crippen molar-refractivity contribution in [2.24, 2.45) is 7.05 Å². The van der Waals surface area contributed by atoms with Crippen molar-refractivity contribution in [3.63, 3.8) is 0 Å². The van der Waals surface area contributed by atoms with Crippen LogP contribution >= 0.6 is 11.8 Å². The van der Waals surface area contributed by atoms with Gasteiger partial charge in [-0.2, -0.15) is 5.10 Å². The van der Waals surface area contributed by atoms with Gasteiger partial charge in [-0.05, 0) is 36.8 Å². The van der Waals surface area contributed by atoms with Crippen LogP contribution in [0, 0.1) is 11.6 Å². The van der Waals surface area contributed by atoms with Gasteiger partial charge >= 0.3 is 0 Å². The van der Waals surface area contributed by atoms with Crippen LogP contribution in [0.2, 0.25) is 0 Å². The average molecular weight is 519 g/mol. The van der Waals surface area contributed by atoms with Crippen molar-refractivity contribution in [1.82, 2.24) is 29.3 Å². The number of benzene rings is 2. The normalized spacial score (nSPS) is 13.9. The summed E-state index contributed by atoms with van der Waals surface area (Å²) in [6.07, 6.45) is 6.36. The van der Waals surface area contributed by atoms with Crippen molar-refractivity contribution in [3.05, 3.63) is 109 Å². The molecule has 0 saturated heterocycles. The van der Waals surface area contributed by atoms with Crippen LogP contribution in [-0.4, -0.2) is 34.4 Å². The summed E-state index contributed by atoms with van der Waals surface area (Å²) in [4.78, 5) is 14.3. The molecular formula is C27H24F2N6OS. The number of imidazole rings is 1. The first-order valence-corrected chi connectivity index (χ1v) is 12.5. The quantitative estimate of drug-likeness (QED) is 0.297. The van der Waals surface area contributed by atoms with E-state index >= 15 is 0 Å². The average Bonchev–Trinajstić information content (AvgIpc) is 3.55. The SMILES string of the molecule is CCC(O)(c1ccc(F)cc1F)C(c1ccc(-c2cnc(Sc3ccccc3)n2C)cn1)n1cncn1. The molecule has 3 heterocycles. The zero-order valence-electron chi connectivity index (χ0n) is 20.2. The van der Waals surface area contributed by atoms with Gasteiger partial charge in [-0.15, -0.1) is 0 Å². The van der Waals surface area contributed by atoms with Gasteiger partial charge in [-0.25, -0.2) is 23.4 Å². The predicted octanol–water partition coefficient (Wildman–Crippen LogP) is 5.39. The summed E-state index contributed by atoms with van der Waals surface area (Å²) >= 11 is 1.56. The molecule has 1 N–H and O–H groups in total. The molecule has 0 fully saturated rings. The molecule has 3 aromatic heterocycles. The third kappa shape index (κ3) is 4.77. The fourth-order valence-electron chi connectivity index (χ4n) is 4.39. The van der Waals surface area contributed by atoms with E-state index in [0.29, 0.717) is 5.69 Å². The molecule has 2 unspecified atom stereocenters. The number of hydrogen-bond acceptors (Lipinski definition) is 6. The molecule has 0 radical (unpaired) electrons. The highest BCUT2D eigenvalue weighted by atomic mass is 32.2. The van der Waals surface area contributed by atoms with Crippen molar-refractivity contribution in [1.29, 1.82) is 0 Å². The summed E-state index contributed by atoms with van der Waals surface area (Å²) in [5.74, 6) is -1.56. The third-order valence-corrected chi connectivity index (χ3v) is 7.42. The van der Waals surface area contributed by atoms with Crippen molar-refractivity contribution >= 4 is 11.8 Å². The fraction of sp³-hybridized carbons (Fsp3) is 0.185. The molecule has 7 nitrogen and oxygen atoms in total. The van der Waals surface area contributed by atoms with Crippen molar-refractivity contribution in [3.8, 4) is 11.3 Å². The maximum atomic E-state index is 14.9. The first kappa shape index (κ1) is 24.8. The molecule has 0 spiro atoms. The number of aromatic nitrogens is 6. The summed E-state index contributed by atoms with van der Waals surface area (Å²) in [5, 5.41) is 16.9. The standard InChI is InChI=1S/C27H24F2N6OS/c1-3-27(36,21-11-10-19(28)13-22(21)29)25(35-17-30-16-33-35)23-12-9-18(14-31-23)24-15-32-26(34(24)2)37-20-7-5-4-6-8-20/h4-17,25,36H,3H2,1-2H3. The van der Waals surface area contributed by atoms with E-state index in [4.69, 9.17) is 0 Å². The summed E-state index contributed by atoms with van der Waals surface area (Å²) in [6, 6.07) is 15.9. The lowest BCUT2D eigenvalue weighted by Gasteiger charge is -2.35. The Kier molecular flexibility index (Phi) is 6.86. The van der Waals surface area contributed by atoms with Crippen LogP contribution in [0.1, 0.15) is 30.6 Å². The first-order chi connectivity index (χ1) is 17.9. The van der Waals surface area contributed by atoms with Crippen LogP contribution in [-0.2, 0) is 12.6 Å². The minimum absolute atomic E-state index is 0.0445. The van der Waals surface area contributed by atoms with Crippen LogP contribution in [0.15, 0.2) is 95.8 Å². The minimum atomic E-state index is -1.77. The second-order valence-electron chi connectivity index (χ2n) is 8.55. The number of hydrogen-bond donors (Lipinski definition) is 1. The molecule has 10 heteroatoms. The van der Waals surface area contributed by atoms with Gasteiger partial charge in [0.05, 0.1) is 17.6 Å². The maximum absolute atomic E-state index is 14.9. The third-order valence-electron chi connectivity index (χ3n) is 6.35. The summed E-state index contributed by atoms with van der Waals surface area (Å²) in [5.41, 5.74) is 0.320. The number of rotatable bonds is 8. The molecule has 2 atom stereocenters. The van der Waals surface area contributed by atoms with E-state index in [9.17, 15) is 13.9 Å². The lowest BCUT2D eigenvalue weighted by atomic mass is 9.81. The highest BCUT2D eigenvalue weighted by Gasteiger charge is 2.42. The highest BCUT2D eigenvalue weighted by Crippen LogP contribution is 2.41. The van der Waals surface area contributed by atoms with Gasteiger partial charge in [-0.3, -0.25) is 4.98 Å². The molecule has 37 heavy (non-hydrogen) atoms. The van der Waals surface area contributed by atoms with Crippen molar-refractivity contribution in [2.45, 2.75) is 35.0 Å². The lowest BCUT2D eigenvalue weighted by molar-refractivity contribution is -0.0156. The monoisotopic (exact) mass is 518 g/mol. The Labute approximate surface area is 216 Å². The Morgan fingerprint density at radius 1 is 1.03 bits per heavy atom. The number of pyridine rings is 1. The van der Waals surface area contributed by atoms with E-state index in [1.165, 1.54) is 23.4 Å². The van der Waals surface area contributed by atoms with Gasteiger partial charge in [0.1, 0.15) is 35.9 Å². The fourth-order valence-corrected chi connectivity index (χ4v) is 5.23. The Hall–Kier alpha value is -3.89. The van der Waals surface area contributed by atoms with Crippen LogP contribution in [0.5, 0.6) is 0 Å². The van der Waals surface area contributed by atoms with Crippen LogP contribution < -0.4 is 0 Å². The first-order valence-electron chi connectivity index (χ1n) is 11.6. The molecule has 0 bridgehead atoms. The van der Waals surface area contributed by atoms with Crippen LogP contribution in [0.3, 0.4) is 0 Å². The maximum Gasteiger partial charge on any atom is 0.173 e. The Balaban J connectivity index is 1.51. The zero-order valence-corrected chi connectivity index (χ0v) is 21.0. The molecule has 0 aliphatic rings. The van der Waals surface area contributed by atoms with E-state index in [1.54, 1.807) is 37.1 Å². The molecule has 0 amide bonds. The molecule has 0 aliphatic heterocycles. The van der Waals surface area contributed by atoms with Gasteiger partial charge < -0.3 is 9.67 Å². The zero-order chi connectivity index (χ0) is 26.0. The Morgan fingerprint density at radius 3 is 2.49 bits per heavy atom. The largest absolute Gasteiger partial charge is 0.382 e. The van der Waals surface area contributed by atoms with Crippen molar-refractivity contribution in [2.75, 3.05) is 0 Å². The van der Waals surface area contributed by atoms with E-state index < -0.39 is 23.3 Å². The number of nitrogens with zero attached hydrogens (tertiary/aromatic N) is 6. The van der Waals surface area contributed by atoms with E-state index in [-0.39, 0.29) is 12.0 Å². The van der Waals surface area contributed by atoms with E-state index in [1.807, 2.05) is 48.0 Å². The molecule has 2 aromatic carbocycles. The molecule has 5 rings (SSSR count). The molecule has 188 valence electrons. The lowest BCUT2D eigenvalue weighted by Crippen LogP contribution is -2.39. The Bertz CT molecular complexity index is 1490. The smallest absolute Gasteiger partial charge is 0.173 e. The summed E-state index contributed by atoms with van der Waals surface area (Å²) < 4.78 is 31.9. The van der Waals surface area contributed by atoms with Crippen molar-refractivity contribution < 1.29 is 13.9 Å². The van der Waals surface area contributed by atoms with Crippen LogP contribution in [0.25, 0.3) is 11.3 Å². The molecular weight excluding hydrogens is 494 g/mol.